The van der Waals surface area contributed by atoms with Crippen LogP contribution in [0, 0.1) is 0 Å². The fourth-order valence-electron chi connectivity index (χ4n) is 2.47. The standard InChI is InChI=1S/C19H29ClO2/c1-2-3-4-5-6-7-8-12-15-18(16-20)22-19(21)17-13-10-9-11-14-17/h9-11,13-14,18H,2-8,12,15-16H2,1H3. The number of rotatable bonds is 12. The van der Waals surface area contributed by atoms with Crippen LogP contribution in [0.15, 0.2) is 30.3 Å². The summed E-state index contributed by atoms with van der Waals surface area (Å²) >= 11 is 5.92. The molecule has 0 aliphatic rings. The third kappa shape index (κ3) is 8.43. The van der Waals surface area contributed by atoms with E-state index in [1.807, 2.05) is 18.2 Å². The Morgan fingerprint density at radius 2 is 1.59 bits per heavy atom. The van der Waals surface area contributed by atoms with Crippen LogP contribution in [-0.2, 0) is 4.74 Å². The van der Waals surface area contributed by atoms with Gasteiger partial charge in [-0.3, -0.25) is 0 Å². The number of carbonyl (C=O) groups excluding carboxylic acids is 1. The Morgan fingerprint density at radius 3 is 2.18 bits per heavy atom. The smallest absolute Gasteiger partial charge is 0.338 e. The lowest BCUT2D eigenvalue weighted by molar-refractivity contribution is 0.0326. The van der Waals surface area contributed by atoms with Gasteiger partial charge in [0.15, 0.2) is 0 Å². The van der Waals surface area contributed by atoms with Crippen molar-refractivity contribution in [3.63, 3.8) is 0 Å². The topological polar surface area (TPSA) is 26.3 Å². The number of esters is 1. The molecule has 22 heavy (non-hydrogen) atoms. The third-order valence-electron chi connectivity index (χ3n) is 3.83. The van der Waals surface area contributed by atoms with Gasteiger partial charge in [0.25, 0.3) is 0 Å². The molecule has 1 unspecified atom stereocenters. The van der Waals surface area contributed by atoms with E-state index in [9.17, 15) is 4.79 Å². The zero-order valence-corrected chi connectivity index (χ0v) is 14.5. The minimum absolute atomic E-state index is 0.172. The fraction of sp³-hybridized carbons (Fsp3) is 0.632. The summed E-state index contributed by atoms with van der Waals surface area (Å²) in [5.41, 5.74) is 0.591. The van der Waals surface area contributed by atoms with Gasteiger partial charge in [0.1, 0.15) is 6.10 Å². The van der Waals surface area contributed by atoms with Gasteiger partial charge in [-0.1, -0.05) is 70.1 Å². The second kappa shape index (κ2) is 12.5. The third-order valence-corrected chi connectivity index (χ3v) is 4.18. The van der Waals surface area contributed by atoms with Gasteiger partial charge in [-0.15, -0.1) is 11.6 Å². The van der Waals surface area contributed by atoms with Crippen molar-refractivity contribution in [1.82, 2.24) is 0 Å². The maximum absolute atomic E-state index is 12.0. The van der Waals surface area contributed by atoms with Crippen LogP contribution in [0.3, 0.4) is 0 Å². The maximum atomic E-state index is 12.0. The molecule has 0 heterocycles. The average Bonchev–Trinajstić information content (AvgIpc) is 2.56. The van der Waals surface area contributed by atoms with Crippen LogP contribution in [0.4, 0.5) is 0 Å². The molecule has 2 nitrogen and oxygen atoms in total. The lowest BCUT2D eigenvalue weighted by Gasteiger charge is -2.15. The van der Waals surface area contributed by atoms with E-state index in [4.69, 9.17) is 16.3 Å². The lowest BCUT2D eigenvalue weighted by Crippen LogP contribution is -2.20. The van der Waals surface area contributed by atoms with Crippen molar-refractivity contribution in [2.75, 3.05) is 5.88 Å². The number of benzene rings is 1. The first-order valence-corrected chi connectivity index (χ1v) is 9.13. The summed E-state index contributed by atoms with van der Waals surface area (Å²) in [6, 6.07) is 9.10. The van der Waals surface area contributed by atoms with E-state index in [-0.39, 0.29) is 12.1 Å². The molecule has 0 radical (unpaired) electrons. The van der Waals surface area contributed by atoms with E-state index in [2.05, 4.69) is 6.92 Å². The second-order valence-electron chi connectivity index (χ2n) is 5.81. The molecule has 0 amide bonds. The molecule has 1 aromatic rings. The lowest BCUT2D eigenvalue weighted by atomic mass is 10.1. The van der Waals surface area contributed by atoms with Gasteiger partial charge >= 0.3 is 5.97 Å². The minimum atomic E-state index is -0.272. The summed E-state index contributed by atoms with van der Waals surface area (Å²) in [6.07, 6.45) is 10.9. The molecule has 0 saturated heterocycles. The van der Waals surface area contributed by atoms with Crippen molar-refractivity contribution >= 4 is 17.6 Å². The van der Waals surface area contributed by atoms with Crippen molar-refractivity contribution in [2.24, 2.45) is 0 Å². The van der Waals surface area contributed by atoms with Gasteiger partial charge in [-0.2, -0.15) is 0 Å². The number of hydrogen-bond acceptors (Lipinski definition) is 2. The molecule has 0 aliphatic carbocycles. The zero-order chi connectivity index (χ0) is 16.0. The average molecular weight is 325 g/mol. The molecule has 3 heteroatoms. The Kier molecular flexibility index (Phi) is 10.8. The SMILES string of the molecule is CCCCCCCCCCC(CCl)OC(=O)c1ccccc1. The molecule has 0 aromatic heterocycles. The maximum Gasteiger partial charge on any atom is 0.338 e. The van der Waals surface area contributed by atoms with Crippen LogP contribution in [0.5, 0.6) is 0 Å². The normalized spacial score (nSPS) is 12.1. The fourth-order valence-corrected chi connectivity index (χ4v) is 2.68. The summed E-state index contributed by atoms with van der Waals surface area (Å²) in [7, 11) is 0. The number of hydrogen-bond donors (Lipinski definition) is 0. The van der Waals surface area contributed by atoms with Gasteiger partial charge in [0.2, 0.25) is 0 Å². The van der Waals surface area contributed by atoms with Gasteiger partial charge in [0.05, 0.1) is 11.4 Å². The zero-order valence-electron chi connectivity index (χ0n) is 13.7. The van der Waals surface area contributed by atoms with Crippen LogP contribution in [0.2, 0.25) is 0 Å². The number of ether oxygens (including phenoxy) is 1. The molecule has 0 fully saturated rings. The molecule has 1 atom stereocenters. The largest absolute Gasteiger partial charge is 0.458 e. The summed E-state index contributed by atoms with van der Waals surface area (Å²) in [5.74, 6) is 0.0977. The highest BCUT2D eigenvalue weighted by Gasteiger charge is 2.14. The predicted molar refractivity (Wildman–Crippen MR) is 93.6 cm³/mol. The van der Waals surface area contributed by atoms with Crippen molar-refractivity contribution in [3.05, 3.63) is 35.9 Å². The second-order valence-corrected chi connectivity index (χ2v) is 6.12. The highest BCUT2D eigenvalue weighted by Crippen LogP contribution is 2.14. The molecular weight excluding hydrogens is 296 g/mol. The highest BCUT2D eigenvalue weighted by molar-refractivity contribution is 6.18. The number of unbranched alkanes of at least 4 members (excludes halogenated alkanes) is 7. The molecule has 0 saturated carbocycles. The monoisotopic (exact) mass is 324 g/mol. The first kappa shape index (κ1) is 19.0. The molecule has 1 aromatic carbocycles. The molecule has 0 aliphatic heterocycles. The van der Waals surface area contributed by atoms with Crippen molar-refractivity contribution in [3.8, 4) is 0 Å². The van der Waals surface area contributed by atoms with E-state index in [1.54, 1.807) is 12.1 Å². The Morgan fingerprint density at radius 1 is 1.00 bits per heavy atom. The van der Waals surface area contributed by atoms with Gasteiger partial charge < -0.3 is 4.74 Å². The molecular formula is C19H29ClO2. The first-order valence-electron chi connectivity index (χ1n) is 8.60. The van der Waals surface area contributed by atoms with Crippen molar-refractivity contribution in [2.45, 2.75) is 70.8 Å². The Hall–Kier alpha value is -1.02. The van der Waals surface area contributed by atoms with Crippen LogP contribution >= 0.6 is 11.6 Å². The Balaban J connectivity index is 2.13. The van der Waals surface area contributed by atoms with Crippen LogP contribution in [0.25, 0.3) is 0 Å². The van der Waals surface area contributed by atoms with Crippen LogP contribution in [0.1, 0.15) is 75.1 Å². The minimum Gasteiger partial charge on any atom is -0.458 e. The molecule has 0 spiro atoms. The summed E-state index contributed by atoms with van der Waals surface area (Å²) in [5, 5.41) is 0. The van der Waals surface area contributed by atoms with E-state index in [0.29, 0.717) is 11.4 Å². The number of halogens is 1. The molecule has 124 valence electrons. The number of carbonyl (C=O) groups is 1. The predicted octanol–water partition coefficient (Wildman–Crippen LogP) is 5.98. The summed E-state index contributed by atoms with van der Waals surface area (Å²) < 4.78 is 5.47. The molecule has 0 N–H and O–H groups in total. The van der Waals surface area contributed by atoms with Crippen molar-refractivity contribution < 1.29 is 9.53 Å². The van der Waals surface area contributed by atoms with Crippen LogP contribution in [-0.4, -0.2) is 18.0 Å². The quantitative estimate of drug-likeness (QED) is 0.268. The van der Waals surface area contributed by atoms with E-state index in [1.165, 1.54) is 44.9 Å². The van der Waals surface area contributed by atoms with Gasteiger partial charge in [0, 0.05) is 0 Å². The molecule has 1 rings (SSSR count). The van der Waals surface area contributed by atoms with Gasteiger partial charge in [-0.25, -0.2) is 4.79 Å². The van der Waals surface area contributed by atoms with Crippen LogP contribution < -0.4 is 0 Å². The Bertz CT molecular complexity index is 392. The van der Waals surface area contributed by atoms with E-state index in [0.717, 1.165) is 12.8 Å². The van der Waals surface area contributed by atoms with Crippen molar-refractivity contribution in [1.29, 1.82) is 0 Å². The van der Waals surface area contributed by atoms with E-state index < -0.39 is 0 Å². The highest BCUT2D eigenvalue weighted by atomic mass is 35.5. The van der Waals surface area contributed by atoms with Gasteiger partial charge in [-0.05, 0) is 25.0 Å². The Labute approximate surface area is 140 Å². The van der Waals surface area contributed by atoms with E-state index >= 15 is 0 Å². The summed E-state index contributed by atoms with van der Waals surface area (Å²) in [6.45, 7) is 2.24. The summed E-state index contributed by atoms with van der Waals surface area (Å²) in [4.78, 5) is 12.0. The molecule has 0 bridgehead atoms. The first-order chi connectivity index (χ1) is 10.8. The number of alkyl halides is 1.